The van der Waals surface area contributed by atoms with E-state index in [1.165, 1.54) is 30.5 Å². The van der Waals surface area contributed by atoms with Crippen molar-refractivity contribution in [2.24, 2.45) is 0 Å². The van der Waals surface area contributed by atoms with Crippen LogP contribution in [0.4, 0.5) is 8.78 Å². The number of hydrogen-bond donors (Lipinski definition) is 0. The van der Waals surface area contributed by atoms with Gasteiger partial charge in [0.05, 0.1) is 0 Å². The number of benzene rings is 1. The largest absolute Gasteiger partial charge is 0.457 e. The Morgan fingerprint density at radius 2 is 1.81 bits per heavy atom. The fourth-order valence-corrected chi connectivity index (χ4v) is 1.26. The Balaban J connectivity index is 2.24. The summed E-state index contributed by atoms with van der Waals surface area (Å²) in [5.74, 6) is -0.118. The highest BCUT2D eigenvalue weighted by Crippen LogP contribution is 2.23. The van der Waals surface area contributed by atoms with E-state index < -0.39 is 5.95 Å². The van der Waals surface area contributed by atoms with Crippen LogP contribution in [0.25, 0.3) is 0 Å². The Kier molecular flexibility index (Phi) is 2.81. The van der Waals surface area contributed by atoms with E-state index in [1.54, 1.807) is 13.0 Å². The van der Waals surface area contributed by atoms with E-state index >= 15 is 0 Å². The summed E-state index contributed by atoms with van der Waals surface area (Å²) in [7, 11) is 0. The Labute approximate surface area is 91.5 Å². The van der Waals surface area contributed by atoms with Crippen molar-refractivity contribution in [2.45, 2.75) is 6.92 Å². The van der Waals surface area contributed by atoms with Gasteiger partial charge in [-0.15, -0.1) is 0 Å². The maximum atomic E-state index is 13.0. The molecule has 0 atom stereocenters. The van der Waals surface area contributed by atoms with Gasteiger partial charge in [-0.25, -0.2) is 9.37 Å². The van der Waals surface area contributed by atoms with Crippen LogP contribution in [0.3, 0.4) is 0 Å². The van der Waals surface area contributed by atoms with Crippen LogP contribution in [-0.2, 0) is 0 Å². The minimum Gasteiger partial charge on any atom is -0.457 e. The second kappa shape index (κ2) is 4.26. The van der Waals surface area contributed by atoms with Crippen molar-refractivity contribution >= 4 is 0 Å². The van der Waals surface area contributed by atoms with Crippen molar-refractivity contribution < 1.29 is 13.5 Å². The number of rotatable bonds is 2. The molecule has 0 aliphatic heterocycles. The van der Waals surface area contributed by atoms with Crippen LogP contribution in [0.2, 0.25) is 0 Å². The first kappa shape index (κ1) is 10.5. The number of hydrogen-bond acceptors (Lipinski definition) is 2. The van der Waals surface area contributed by atoms with Crippen molar-refractivity contribution in [2.75, 3.05) is 0 Å². The van der Waals surface area contributed by atoms with E-state index in [0.29, 0.717) is 17.1 Å². The Hall–Kier alpha value is -1.97. The maximum Gasteiger partial charge on any atom is 0.216 e. The molecular weight excluding hydrogens is 212 g/mol. The lowest BCUT2D eigenvalue weighted by molar-refractivity contribution is 0.469. The van der Waals surface area contributed by atoms with Crippen molar-refractivity contribution in [3.63, 3.8) is 0 Å². The third-order valence-electron chi connectivity index (χ3n) is 2.06. The maximum absolute atomic E-state index is 13.0. The summed E-state index contributed by atoms with van der Waals surface area (Å²) >= 11 is 0. The first-order valence-electron chi connectivity index (χ1n) is 4.71. The zero-order valence-corrected chi connectivity index (χ0v) is 8.58. The summed E-state index contributed by atoms with van der Waals surface area (Å²) in [6.45, 7) is 1.63. The lowest BCUT2D eigenvalue weighted by atomic mass is 10.2. The van der Waals surface area contributed by atoms with E-state index in [9.17, 15) is 8.78 Å². The second-order valence-corrected chi connectivity index (χ2v) is 3.33. The van der Waals surface area contributed by atoms with Crippen LogP contribution in [0.1, 0.15) is 5.56 Å². The predicted molar refractivity (Wildman–Crippen MR) is 55.4 cm³/mol. The van der Waals surface area contributed by atoms with Gasteiger partial charge in [-0.05, 0) is 36.8 Å². The predicted octanol–water partition coefficient (Wildman–Crippen LogP) is 3.46. The minimum absolute atomic E-state index is 0.298. The summed E-state index contributed by atoms with van der Waals surface area (Å²) in [4.78, 5) is 3.41. The third-order valence-corrected chi connectivity index (χ3v) is 2.06. The Morgan fingerprint density at radius 1 is 1.06 bits per heavy atom. The molecule has 0 aliphatic rings. The molecule has 1 aromatic heterocycles. The molecule has 1 heterocycles. The normalized spacial score (nSPS) is 10.2. The first-order valence-corrected chi connectivity index (χ1v) is 4.71. The molecule has 0 unspecified atom stereocenters. The van der Waals surface area contributed by atoms with Gasteiger partial charge in [-0.3, -0.25) is 0 Å². The fourth-order valence-electron chi connectivity index (χ4n) is 1.26. The quantitative estimate of drug-likeness (QED) is 0.724. The summed E-state index contributed by atoms with van der Waals surface area (Å²) in [5.41, 5.74) is 0.479. The van der Waals surface area contributed by atoms with Crippen LogP contribution in [0, 0.1) is 18.7 Å². The van der Waals surface area contributed by atoms with Gasteiger partial charge in [0.2, 0.25) is 5.95 Å². The highest BCUT2D eigenvalue weighted by Gasteiger charge is 2.02. The molecule has 0 saturated carbocycles. The third kappa shape index (κ3) is 2.34. The number of aryl methyl sites for hydroxylation is 1. The Bertz CT molecular complexity index is 514. The standard InChI is InChI=1S/C12H9F2NO/c1-8-6-9(2-3-11(8)13)16-10-4-5-15-12(14)7-10/h2-7H,1H3. The summed E-state index contributed by atoms with van der Waals surface area (Å²) in [6, 6.07) is 7.04. The molecule has 2 rings (SSSR count). The van der Waals surface area contributed by atoms with Gasteiger partial charge in [-0.2, -0.15) is 4.39 Å². The van der Waals surface area contributed by atoms with Crippen LogP contribution < -0.4 is 4.74 Å². The second-order valence-electron chi connectivity index (χ2n) is 3.33. The first-order chi connectivity index (χ1) is 7.65. The van der Waals surface area contributed by atoms with Crippen molar-refractivity contribution in [3.8, 4) is 11.5 Å². The van der Waals surface area contributed by atoms with E-state index in [1.807, 2.05) is 0 Å². The molecular formula is C12H9F2NO. The van der Waals surface area contributed by atoms with Crippen molar-refractivity contribution in [3.05, 3.63) is 53.9 Å². The smallest absolute Gasteiger partial charge is 0.216 e. The van der Waals surface area contributed by atoms with Gasteiger partial charge in [0.15, 0.2) is 0 Å². The molecule has 82 valence electrons. The van der Waals surface area contributed by atoms with E-state index in [-0.39, 0.29) is 5.82 Å². The van der Waals surface area contributed by atoms with Crippen LogP contribution >= 0.6 is 0 Å². The van der Waals surface area contributed by atoms with Crippen LogP contribution in [0.15, 0.2) is 36.5 Å². The van der Waals surface area contributed by atoms with Gasteiger partial charge in [0, 0.05) is 12.3 Å². The van der Waals surface area contributed by atoms with Crippen LogP contribution in [0.5, 0.6) is 11.5 Å². The lowest BCUT2D eigenvalue weighted by Gasteiger charge is -2.06. The van der Waals surface area contributed by atoms with E-state index in [0.717, 1.165) is 0 Å². The summed E-state index contributed by atoms with van der Waals surface area (Å²) in [5, 5.41) is 0. The topological polar surface area (TPSA) is 22.1 Å². The zero-order valence-electron chi connectivity index (χ0n) is 8.58. The van der Waals surface area contributed by atoms with Gasteiger partial charge in [0.25, 0.3) is 0 Å². The molecule has 0 aliphatic carbocycles. The monoisotopic (exact) mass is 221 g/mol. The number of ether oxygens (including phenoxy) is 1. The molecule has 1 aromatic carbocycles. The molecule has 2 nitrogen and oxygen atoms in total. The molecule has 0 bridgehead atoms. The van der Waals surface area contributed by atoms with E-state index in [2.05, 4.69) is 4.98 Å². The Morgan fingerprint density at radius 3 is 2.50 bits per heavy atom. The summed E-state index contributed by atoms with van der Waals surface area (Å²) in [6.07, 6.45) is 1.31. The molecule has 0 amide bonds. The van der Waals surface area contributed by atoms with Gasteiger partial charge in [0.1, 0.15) is 17.3 Å². The van der Waals surface area contributed by atoms with Gasteiger partial charge >= 0.3 is 0 Å². The van der Waals surface area contributed by atoms with Crippen molar-refractivity contribution in [1.82, 2.24) is 4.98 Å². The highest BCUT2D eigenvalue weighted by molar-refractivity contribution is 5.33. The number of nitrogens with zero attached hydrogens (tertiary/aromatic N) is 1. The molecule has 0 N–H and O–H groups in total. The van der Waals surface area contributed by atoms with E-state index in [4.69, 9.17) is 4.74 Å². The lowest BCUT2D eigenvalue weighted by Crippen LogP contribution is -1.89. The average Bonchev–Trinajstić information content (AvgIpc) is 2.24. The van der Waals surface area contributed by atoms with Gasteiger partial charge in [-0.1, -0.05) is 0 Å². The minimum atomic E-state index is -0.615. The van der Waals surface area contributed by atoms with Crippen molar-refractivity contribution in [1.29, 1.82) is 0 Å². The number of pyridine rings is 1. The molecule has 0 spiro atoms. The highest BCUT2D eigenvalue weighted by atomic mass is 19.1. The molecule has 16 heavy (non-hydrogen) atoms. The fraction of sp³-hybridized carbons (Fsp3) is 0.0833. The van der Waals surface area contributed by atoms with Crippen LogP contribution in [-0.4, -0.2) is 4.98 Å². The molecule has 0 saturated heterocycles. The average molecular weight is 221 g/mol. The molecule has 2 aromatic rings. The number of halogens is 2. The molecule has 4 heteroatoms. The molecule has 0 radical (unpaired) electrons. The summed E-state index contributed by atoms with van der Waals surface area (Å²) < 4.78 is 31.1. The SMILES string of the molecule is Cc1cc(Oc2ccnc(F)c2)ccc1F. The zero-order chi connectivity index (χ0) is 11.5. The number of aromatic nitrogens is 1. The molecule has 0 fully saturated rings. The van der Waals surface area contributed by atoms with Gasteiger partial charge < -0.3 is 4.74 Å².